The molecular formula is C14H16N2. The fourth-order valence-corrected chi connectivity index (χ4v) is 2.68. The second kappa shape index (κ2) is 3.09. The fourth-order valence-electron chi connectivity index (χ4n) is 2.68. The third kappa shape index (κ3) is 1.16. The topological polar surface area (TPSA) is 17.8 Å². The van der Waals surface area contributed by atoms with Gasteiger partial charge in [0, 0.05) is 11.3 Å². The van der Waals surface area contributed by atoms with Crippen molar-refractivity contribution >= 4 is 10.9 Å². The number of aromatic nitrogens is 2. The summed E-state index contributed by atoms with van der Waals surface area (Å²) in [5, 5.41) is 6.29. The van der Waals surface area contributed by atoms with Crippen LogP contribution in [0.4, 0.5) is 0 Å². The molecule has 2 nitrogen and oxygen atoms in total. The van der Waals surface area contributed by atoms with Crippen molar-refractivity contribution < 1.29 is 0 Å². The Bertz CT molecular complexity index is 533. The molecule has 2 fully saturated rings. The van der Waals surface area contributed by atoms with E-state index in [0.29, 0.717) is 6.04 Å². The van der Waals surface area contributed by atoms with Gasteiger partial charge in [-0.3, -0.25) is 4.68 Å². The summed E-state index contributed by atoms with van der Waals surface area (Å²) in [5.41, 5.74) is 2.72. The van der Waals surface area contributed by atoms with Gasteiger partial charge in [-0.15, -0.1) is 0 Å². The zero-order valence-corrected chi connectivity index (χ0v) is 9.39. The molecule has 2 heteroatoms. The number of nitrogens with zero attached hydrogens (tertiary/aromatic N) is 2. The molecule has 2 saturated carbocycles. The Morgan fingerprint density at radius 2 is 1.88 bits per heavy atom. The van der Waals surface area contributed by atoms with Gasteiger partial charge in [0.1, 0.15) is 0 Å². The van der Waals surface area contributed by atoms with Gasteiger partial charge in [0.25, 0.3) is 0 Å². The molecule has 0 spiro atoms. The van der Waals surface area contributed by atoms with E-state index in [-0.39, 0.29) is 0 Å². The van der Waals surface area contributed by atoms with Gasteiger partial charge in [-0.2, -0.15) is 5.10 Å². The van der Waals surface area contributed by atoms with Crippen LogP contribution in [-0.2, 0) is 0 Å². The van der Waals surface area contributed by atoms with Gasteiger partial charge in [0.05, 0.1) is 17.3 Å². The summed E-state index contributed by atoms with van der Waals surface area (Å²) < 4.78 is 2.30. The highest BCUT2D eigenvalue weighted by molar-refractivity contribution is 5.83. The third-order valence-corrected chi connectivity index (χ3v) is 4.03. The summed E-state index contributed by atoms with van der Waals surface area (Å²) in [6.45, 7) is 0. The second-order valence-electron chi connectivity index (χ2n) is 5.21. The molecule has 2 aliphatic carbocycles. The Balaban J connectivity index is 1.93. The van der Waals surface area contributed by atoms with Gasteiger partial charge >= 0.3 is 0 Å². The molecular weight excluding hydrogens is 196 g/mol. The van der Waals surface area contributed by atoms with Crippen LogP contribution in [0.3, 0.4) is 0 Å². The van der Waals surface area contributed by atoms with E-state index in [1.165, 1.54) is 48.7 Å². The van der Waals surface area contributed by atoms with Crippen molar-refractivity contribution in [2.45, 2.75) is 44.1 Å². The summed E-state index contributed by atoms with van der Waals surface area (Å²) in [6.07, 6.45) is 6.68. The fraction of sp³-hybridized carbons (Fsp3) is 0.500. The third-order valence-electron chi connectivity index (χ3n) is 4.03. The van der Waals surface area contributed by atoms with Gasteiger partial charge in [0.15, 0.2) is 0 Å². The van der Waals surface area contributed by atoms with Crippen LogP contribution in [0, 0.1) is 0 Å². The van der Waals surface area contributed by atoms with E-state index in [9.17, 15) is 0 Å². The standard InChI is InChI=1S/C14H16N2/c1-2-7-13-12(6-1)14(10-8-9-10)15-16(13)11-4-3-5-11/h1-2,6-7,10-11H,3-5,8-9H2. The van der Waals surface area contributed by atoms with Gasteiger partial charge in [0.2, 0.25) is 0 Å². The maximum absolute atomic E-state index is 4.89. The van der Waals surface area contributed by atoms with E-state index in [4.69, 9.17) is 5.10 Å². The van der Waals surface area contributed by atoms with Gasteiger partial charge in [-0.25, -0.2) is 0 Å². The second-order valence-corrected chi connectivity index (χ2v) is 5.21. The van der Waals surface area contributed by atoms with Crippen LogP contribution in [0.25, 0.3) is 10.9 Å². The Kier molecular flexibility index (Phi) is 1.70. The zero-order valence-electron chi connectivity index (χ0n) is 9.39. The Morgan fingerprint density at radius 3 is 2.56 bits per heavy atom. The minimum Gasteiger partial charge on any atom is -0.262 e. The monoisotopic (exact) mass is 212 g/mol. The minimum atomic E-state index is 0.678. The maximum Gasteiger partial charge on any atom is 0.0734 e. The molecule has 0 N–H and O–H groups in total. The molecule has 2 aromatic rings. The SMILES string of the molecule is c1ccc2c(c1)c(C1CC1)nn2C1CCC1. The van der Waals surface area contributed by atoms with Crippen molar-refractivity contribution in [3.63, 3.8) is 0 Å². The zero-order chi connectivity index (χ0) is 10.5. The lowest BCUT2D eigenvalue weighted by atomic mass is 9.93. The van der Waals surface area contributed by atoms with Crippen molar-refractivity contribution in [3.8, 4) is 0 Å². The molecule has 0 bridgehead atoms. The highest BCUT2D eigenvalue weighted by Gasteiger charge is 2.31. The summed E-state index contributed by atoms with van der Waals surface area (Å²) in [6, 6.07) is 9.42. The largest absolute Gasteiger partial charge is 0.262 e. The molecule has 0 amide bonds. The molecule has 0 atom stereocenters. The summed E-state index contributed by atoms with van der Waals surface area (Å²) in [4.78, 5) is 0. The number of hydrogen-bond acceptors (Lipinski definition) is 1. The summed E-state index contributed by atoms with van der Waals surface area (Å²) in [5.74, 6) is 0.756. The molecule has 0 radical (unpaired) electrons. The molecule has 4 rings (SSSR count). The first kappa shape index (κ1) is 8.80. The highest BCUT2D eigenvalue weighted by Crippen LogP contribution is 2.44. The average Bonchev–Trinajstić information content (AvgIpc) is 3.01. The van der Waals surface area contributed by atoms with E-state index in [0.717, 1.165) is 5.92 Å². The average molecular weight is 212 g/mol. The number of rotatable bonds is 2. The van der Waals surface area contributed by atoms with Crippen molar-refractivity contribution in [2.75, 3.05) is 0 Å². The predicted octanol–water partition coefficient (Wildman–Crippen LogP) is 3.64. The van der Waals surface area contributed by atoms with Crippen LogP contribution in [-0.4, -0.2) is 9.78 Å². The lowest BCUT2D eigenvalue weighted by Crippen LogP contribution is -2.18. The molecule has 0 saturated heterocycles. The Morgan fingerprint density at radius 1 is 1.06 bits per heavy atom. The number of para-hydroxylation sites is 1. The quantitative estimate of drug-likeness (QED) is 0.743. The van der Waals surface area contributed by atoms with Gasteiger partial charge in [-0.1, -0.05) is 18.2 Å². The normalized spacial score (nSPS) is 21.2. The molecule has 1 aromatic heterocycles. The molecule has 0 unspecified atom stereocenters. The molecule has 1 heterocycles. The first-order valence-electron chi connectivity index (χ1n) is 6.40. The molecule has 16 heavy (non-hydrogen) atoms. The van der Waals surface area contributed by atoms with Crippen LogP contribution in [0.15, 0.2) is 24.3 Å². The number of benzene rings is 1. The first-order valence-corrected chi connectivity index (χ1v) is 6.40. The summed E-state index contributed by atoms with van der Waals surface area (Å²) in [7, 11) is 0. The molecule has 0 aliphatic heterocycles. The minimum absolute atomic E-state index is 0.678. The molecule has 1 aromatic carbocycles. The maximum atomic E-state index is 4.89. The van der Waals surface area contributed by atoms with E-state index in [1.54, 1.807) is 0 Å². The van der Waals surface area contributed by atoms with Crippen LogP contribution in [0.1, 0.15) is 49.8 Å². The van der Waals surface area contributed by atoms with E-state index >= 15 is 0 Å². The van der Waals surface area contributed by atoms with Crippen LogP contribution >= 0.6 is 0 Å². The first-order chi connectivity index (χ1) is 7.93. The Labute approximate surface area is 95.3 Å². The van der Waals surface area contributed by atoms with E-state index < -0.39 is 0 Å². The van der Waals surface area contributed by atoms with Gasteiger partial charge < -0.3 is 0 Å². The smallest absolute Gasteiger partial charge is 0.0734 e. The molecule has 82 valence electrons. The van der Waals surface area contributed by atoms with Crippen molar-refractivity contribution in [1.29, 1.82) is 0 Å². The van der Waals surface area contributed by atoms with Gasteiger partial charge in [-0.05, 0) is 38.2 Å². The van der Waals surface area contributed by atoms with Crippen molar-refractivity contribution in [1.82, 2.24) is 9.78 Å². The lowest BCUT2D eigenvalue weighted by Gasteiger charge is -2.26. The predicted molar refractivity (Wildman–Crippen MR) is 64.6 cm³/mol. The van der Waals surface area contributed by atoms with E-state index in [1.807, 2.05) is 0 Å². The van der Waals surface area contributed by atoms with E-state index in [2.05, 4.69) is 28.9 Å². The summed E-state index contributed by atoms with van der Waals surface area (Å²) >= 11 is 0. The molecule has 2 aliphatic rings. The Hall–Kier alpha value is -1.31. The van der Waals surface area contributed by atoms with Crippen LogP contribution in [0.2, 0.25) is 0 Å². The van der Waals surface area contributed by atoms with Crippen molar-refractivity contribution in [2.24, 2.45) is 0 Å². The number of hydrogen-bond donors (Lipinski definition) is 0. The lowest BCUT2D eigenvalue weighted by molar-refractivity contribution is 0.296. The highest BCUT2D eigenvalue weighted by atomic mass is 15.3. The van der Waals surface area contributed by atoms with Crippen molar-refractivity contribution in [3.05, 3.63) is 30.0 Å². The van der Waals surface area contributed by atoms with Crippen LogP contribution < -0.4 is 0 Å². The number of fused-ring (bicyclic) bond motifs is 1. The van der Waals surface area contributed by atoms with Crippen LogP contribution in [0.5, 0.6) is 0 Å².